The molecule has 0 spiro atoms. The number of unbranched alkanes of at least 4 members (excludes halogenated alkanes) is 2. The molecular weight excluding hydrogens is 551 g/mol. The minimum absolute atomic E-state index is 0.0593. The van der Waals surface area contributed by atoms with Gasteiger partial charge in [0.25, 0.3) is 0 Å². The Hall–Kier alpha value is -2.86. The summed E-state index contributed by atoms with van der Waals surface area (Å²) in [5.74, 6) is -0.554. The molecule has 3 atom stereocenters. The minimum atomic E-state index is -4.94. The van der Waals surface area contributed by atoms with Crippen molar-refractivity contribution >= 4 is 13.8 Å². The molecule has 0 radical (unpaired) electrons. The lowest BCUT2D eigenvalue weighted by Gasteiger charge is -2.39. The first-order chi connectivity index (χ1) is 20.0. The first-order valence-electron chi connectivity index (χ1n) is 15.2. The Morgan fingerprint density at radius 2 is 1.86 bits per heavy atom. The SMILES string of the molecule is C=C(C)[C@@H]1CCC(C)=C[C@H]1c1c(O)cc(CCCCC)cc1OC(=O)C1(OP(=O)([O-])Oc2ccccc2)CCCCC1. The number of hydrogen-bond donors (Lipinski definition) is 1. The maximum Gasteiger partial charge on any atom is 0.344 e. The zero-order valence-corrected chi connectivity index (χ0v) is 26.0. The summed E-state index contributed by atoms with van der Waals surface area (Å²) in [6, 6.07) is 11.7. The number of rotatable bonds is 12. The van der Waals surface area contributed by atoms with Gasteiger partial charge in [0.15, 0.2) is 5.60 Å². The maximum absolute atomic E-state index is 14.0. The van der Waals surface area contributed by atoms with Crippen molar-refractivity contribution in [1.29, 1.82) is 0 Å². The summed E-state index contributed by atoms with van der Waals surface area (Å²) in [6.07, 6.45) is 10.1. The van der Waals surface area contributed by atoms with E-state index in [2.05, 4.69) is 26.5 Å². The molecule has 8 heteroatoms. The van der Waals surface area contributed by atoms with Crippen molar-refractivity contribution in [3.05, 3.63) is 77.4 Å². The average Bonchev–Trinajstić information content (AvgIpc) is 2.93. The number of carbonyl (C=O) groups excluding carboxylic acids is 1. The molecule has 0 aliphatic heterocycles. The second kappa shape index (κ2) is 14.1. The van der Waals surface area contributed by atoms with Crippen LogP contribution in [0.15, 0.2) is 66.3 Å². The van der Waals surface area contributed by atoms with E-state index in [0.717, 1.165) is 56.1 Å². The van der Waals surface area contributed by atoms with Gasteiger partial charge in [-0.3, -0.25) is 9.09 Å². The van der Waals surface area contributed by atoms with Crippen LogP contribution in [0.25, 0.3) is 0 Å². The molecule has 1 saturated carbocycles. The van der Waals surface area contributed by atoms with Crippen LogP contribution in [0.5, 0.6) is 17.2 Å². The molecule has 1 fully saturated rings. The Kier molecular flexibility index (Phi) is 10.7. The second-order valence-electron chi connectivity index (χ2n) is 11.9. The molecule has 42 heavy (non-hydrogen) atoms. The number of phenolic OH excluding ortho intramolecular Hbond substituents is 1. The summed E-state index contributed by atoms with van der Waals surface area (Å²) >= 11 is 0. The maximum atomic E-state index is 14.0. The number of ether oxygens (including phenoxy) is 1. The van der Waals surface area contributed by atoms with Crippen LogP contribution in [0.2, 0.25) is 0 Å². The summed E-state index contributed by atoms with van der Waals surface area (Å²) in [7, 11) is -4.94. The summed E-state index contributed by atoms with van der Waals surface area (Å²) in [5.41, 5.74) is 1.84. The van der Waals surface area contributed by atoms with Gasteiger partial charge in [0, 0.05) is 11.5 Å². The lowest BCUT2D eigenvalue weighted by Crippen LogP contribution is -2.46. The molecule has 1 unspecified atom stereocenters. The molecule has 0 amide bonds. The number of allylic oxidation sites excluding steroid dienone is 3. The number of carbonyl (C=O) groups is 1. The minimum Gasteiger partial charge on any atom is -0.746 e. The number of phosphoric ester groups is 1. The molecule has 2 aliphatic rings. The van der Waals surface area contributed by atoms with Gasteiger partial charge in [0.05, 0.1) is 0 Å². The standard InChI is InChI=1S/C34H45O7P/c1-5-6-9-14-26-22-30(35)32(29-21-25(4)17-18-28(29)24(2)3)31(23-26)39-33(36)34(19-12-8-13-20-34)41-42(37,38)40-27-15-10-7-11-16-27/h7,10-11,15-16,21-23,28-29,35H,2,5-6,8-9,12-14,17-20H2,1,3-4H3,(H,37,38)/p-1/t28-,29+/m0/s1. The Morgan fingerprint density at radius 1 is 1.14 bits per heavy atom. The zero-order chi connectivity index (χ0) is 30.3. The third kappa shape index (κ3) is 7.94. The zero-order valence-electron chi connectivity index (χ0n) is 25.1. The van der Waals surface area contributed by atoms with Crippen LogP contribution in [0, 0.1) is 5.92 Å². The van der Waals surface area contributed by atoms with Crippen molar-refractivity contribution in [2.75, 3.05) is 0 Å². The van der Waals surface area contributed by atoms with E-state index < -0.39 is 19.4 Å². The lowest BCUT2D eigenvalue weighted by atomic mass is 9.73. The predicted molar refractivity (Wildman–Crippen MR) is 163 cm³/mol. The van der Waals surface area contributed by atoms with Gasteiger partial charge < -0.3 is 19.3 Å². The predicted octanol–water partition coefficient (Wildman–Crippen LogP) is 8.31. The van der Waals surface area contributed by atoms with Gasteiger partial charge in [0.2, 0.25) is 0 Å². The van der Waals surface area contributed by atoms with Crippen LogP contribution in [-0.4, -0.2) is 16.7 Å². The fraction of sp³-hybridized carbons (Fsp3) is 0.500. The van der Waals surface area contributed by atoms with E-state index in [1.807, 2.05) is 13.0 Å². The Labute approximate surface area is 250 Å². The number of phenols is 1. The largest absolute Gasteiger partial charge is 0.746 e. The number of aryl methyl sites for hydroxylation is 1. The van der Waals surface area contributed by atoms with Crippen LogP contribution in [0.1, 0.15) is 102 Å². The number of phosphoric acid groups is 1. The van der Waals surface area contributed by atoms with Gasteiger partial charge in [-0.1, -0.05) is 68.2 Å². The van der Waals surface area contributed by atoms with E-state index >= 15 is 0 Å². The van der Waals surface area contributed by atoms with E-state index in [4.69, 9.17) is 13.8 Å². The van der Waals surface area contributed by atoms with Crippen LogP contribution in [-0.2, 0) is 20.3 Å². The Balaban J connectivity index is 1.71. The molecule has 2 aromatic carbocycles. The van der Waals surface area contributed by atoms with Crippen molar-refractivity contribution in [3.8, 4) is 17.2 Å². The van der Waals surface area contributed by atoms with Gasteiger partial charge in [-0.15, -0.1) is 0 Å². The molecule has 228 valence electrons. The van der Waals surface area contributed by atoms with Crippen LogP contribution in [0.3, 0.4) is 0 Å². The van der Waals surface area contributed by atoms with E-state index in [0.29, 0.717) is 18.4 Å². The van der Waals surface area contributed by atoms with E-state index in [9.17, 15) is 19.4 Å². The number of benzene rings is 2. The highest BCUT2D eigenvalue weighted by Gasteiger charge is 2.46. The lowest BCUT2D eigenvalue weighted by molar-refractivity contribution is -0.232. The van der Waals surface area contributed by atoms with Crippen molar-refractivity contribution in [1.82, 2.24) is 0 Å². The van der Waals surface area contributed by atoms with E-state index in [1.54, 1.807) is 24.3 Å². The Morgan fingerprint density at radius 3 is 2.52 bits per heavy atom. The molecule has 0 bridgehead atoms. The van der Waals surface area contributed by atoms with Gasteiger partial charge in [-0.2, -0.15) is 0 Å². The molecule has 2 aliphatic carbocycles. The molecule has 1 N–H and O–H groups in total. The third-order valence-corrected chi connectivity index (χ3v) is 9.45. The topological polar surface area (TPSA) is 105 Å². The first-order valence-corrected chi connectivity index (χ1v) is 16.7. The molecule has 2 aromatic rings. The van der Waals surface area contributed by atoms with Crippen molar-refractivity contribution < 1.29 is 33.1 Å². The van der Waals surface area contributed by atoms with Gasteiger partial charge in [0.1, 0.15) is 17.2 Å². The smallest absolute Gasteiger partial charge is 0.344 e. The van der Waals surface area contributed by atoms with Gasteiger partial charge in [-0.25, -0.2) is 4.79 Å². The normalized spacial score (nSPS) is 21.6. The van der Waals surface area contributed by atoms with Crippen LogP contribution in [0.4, 0.5) is 0 Å². The molecule has 0 saturated heterocycles. The highest BCUT2D eigenvalue weighted by atomic mass is 31.2. The highest BCUT2D eigenvalue weighted by molar-refractivity contribution is 7.46. The number of para-hydroxylation sites is 1. The summed E-state index contributed by atoms with van der Waals surface area (Å²) in [6.45, 7) is 10.4. The van der Waals surface area contributed by atoms with Crippen LogP contribution >= 0.6 is 7.82 Å². The average molecular weight is 596 g/mol. The molecule has 0 aromatic heterocycles. The highest BCUT2D eigenvalue weighted by Crippen LogP contribution is 2.50. The first kappa shape index (κ1) is 32.1. The summed E-state index contributed by atoms with van der Waals surface area (Å²) in [4.78, 5) is 27.1. The van der Waals surface area contributed by atoms with E-state index in [1.165, 1.54) is 17.7 Å². The quantitative estimate of drug-likeness (QED) is 0.0865. The number of hydrogen-bond acceptors (Lipinski definition) is 7. The number of aromatic hydroxyl groups is 1. The summed E-state index contributed by atoms with van der Waals surface area (Å²) < 4.78 is 30.0. The molecule has 4 rings (SSSR count). The molecular formula is C34H44O7P-. The Bertz CT molecular complexity index is 1330. The third-order valence-electron chi connectivity index (χ3n) is 8.45. The van der Waals surface area contributed by atoms with Crippen LogP contribution < -0.4 is 14.2 Å². The van der Waals surface area contributed by atoms with Gasteiger partial charge >= 0.3 is 13.8 Å². The monoisotopic (exact) mass is 595 g/mol. The van der Waals surface area contributed by atoms with Crippen molar-refractivity contribution in [2.24, 2.45) is 5.92 Å². The second-order valence-corrected chi connectivity index (χ2v) is 13.2. The number of esters is 1. The fourth-order valence-electron chi connectivity index (χ4n) is 6.21. The van der Waals surface area contributed by atoms with Crippen molar-refractivity contribution in [2.45, 2.75) is 103 Å². The fourth-order valence-corrected chi connectivity index (χ4v) is 7.31. The summed E-state index contributed by atoms with van der Waals surface area (Å²) in [5, 5.41) is 11.4. The van der Waals surface area contributed by atoms with E-state index in [-0.39, 0.29) is 41.9 Å². The van der Waals surface area contributed by atoms with Crippen molar-refractivity contribution in [3.63, 3.8) is 0 Å². The van der Waals surface area contributed by atoms with Gasteiger partial charge in [-0.05, 0) is 101 Å². The molecule has 0 heterocycles. The molecule has 7 nitrogen and oxygen atoms in total.